The number of benzene rings is 4. The van der Waals surface area contributed by atoms with Gasteiger partial charge in [0.15, 0.2) is 0 Å². The van der Waals surface area contributed by atoms with Crippen LogP contribution in [0.2, 0.25) is 10.0 Å². The number of carbonyl (C=O) groups excluding carboxylic acids is 1. The average molecular weight is 673 g/mol. The molecule has 5 aromatic rings. The van der Waals surface area contributed by atoms with Crippen molar-refractivity contribution in [2.24, 2.45) is 0 Å². The molecule has 0 radical (unpaired) electrons. The highest BCUT2D eigenvalue weighted by molar-refractivity contribution is 7.98. The zero-order chi connectivity index (χ0) is 32.0. The van der Waals surface area contributed by atoms with Crippen LogP contribution in [-0.2, 0) is 17.2 Å². The van der Waals surface area contributed by atoms with Crippen molar-refractivity contribution in [2.45, 2.75) is 37.4 Å². The molecule has 234 valence electrons. The smallest absolute Gasteiger partial charge is 0.255 e. The number of hydrogen-bond acceptors (Lipinski definition) is 7. The number of carbonyl (C=O) groups is 1. The lowest BCUT2D eigenvalue weighted by Gasteiger charge is -2.29. The number of nitrogens with one attached hydrogen (secondary N) is 2. The molecule has 0 saturated carbocycles. The second-order valence-corrected chi connectivity index (χ2v) is 12.2. The molecule has 6 rings (SSSR count). The van der Waals surface area contributed by atoms with Crippen LogP contribution >= 0.6 is 35.0 Å². The van der Waals surface area contributed by atoms with Gasteiger partial charge in [0.05, 0.1) is 17.9 Å². The molecule has 1 aliphatic rings. The number of anilines is 2. The number of nitrogens with zero attached hydrogens (tertiary/aromatic N) is 3. The van der Waals surface area contributed by atoms with Gasteiger partial charge in [-0.15, -0.1) is 5.10 Å². The van der Waals surface area contributed by atoms with E-state index in [0.29, 0.717) is 68.6 Å². The summed E-state index contributed by atoms with van der Waals surface area (Å²) in [6, 6.07) is 29.7. The fourth-order valence-electron chi connectivity index (χ4n) is 5.14. The van der Waals surface area contributed by atoms with Crippen molar-refractivity contribution in [3.05, 3.63) is 135 Å². The van der Waals surface area contributed by atoms with Crippen LogP contribution in [0.1, 0.15) is 36.6 Å². The van der Waals surface area contributed by atoms with Gasteiger partial charge in [-0.25, -0.2) is 4.68 Å². The van der Waals surface area contributed by atoms with E-state index in [2.05, 4.69) is 10.6 Å². The maximum Gasteiger partial charge on any atom is 0.255 e. The van der Waals surface area contributed by atoms with Gasteiger partial charge in [-0.05, 0) is 61.4 Å². The van der Waals surface area contributed by atoms with Gasteiger partial charge in [0.2, 0.25) is 11.1 Å². The molecular formula is C35H31Cl2N5O3S. The lowest BCUT2D eigenvalue weighted by atomic mass is 9.94. The van der Waals surface area contributed by atoms with E-state index >= 15 is 0 Å². The topological polar surface area (TPSA) is 90.3 Å². The molecule has 0 bridgehead atoms. The number of halogens is 2. The molecule has 1 unspecified atom stereocenters. The number of allylic oxidation sites excluding steroid dienone is 1. The second-order valence-electron chi connectivity index (χ2n) is 10.4. The van der Waals surface area contributed by atoms with Gasteiger partial charge in [0.25, 0.3) is 5.91 Å². The van der Waals surface area contributed by atoms with Gasteiger partial charge in [-0.2, -0.15) is 4.98 Å². The number of rotatable bonds is 11. The minimum Gasteiger partial charge on any atom is -0.492 e. The van der Waals surface area contributed by atoms with Crippen molar-refractivity contribution in [2.75, 3.05) is 17.2 Å². The van der Waals surface area contributed by atoms with E-state index in [1.54, 1.807) is 4.68 Å². The second kappa shape index (κ2) is 14.3. The van der Waals surface area contributed by atoms with Gasteiger partial charge in [0, 0.05) is 27.1 Å². The first-order valence-corrected chi connectivity index (χ1v) is 16.4. The van der Waals surface area contributed by atoms with Crippen molar-refractivity contribution in [1.29, 1.82) is 0 Å². The third kappa shape index (κ3) is 7.02. The lowest BCUT2D eigenvalue weighted by molar-refractivity contribution is -0.113. The average Bonchev–Trinajstić information content (AvgIpc) is 3.46. The molecule has 2 N–H and O–H groups in total. The molecule has 4 aromatic carbocycles. The Balaban J connectivity index is 1.34. The van der Waals surface area contributed by atoms with Crippen molar-refractivity contribution < 1.29 is 14.3 Å². The number of hydrogen-bond donors (Lipinski definition) is 2. The molecule has 8 nitrogen and oxygen atoms in total. The number of amides is 1. The molecule has 11 heteroatoms. The van der Waals surface area contributed by atoms with Crippen molar-refractivity contribution in [3.63, 3.8) is 0 Å². The van der Waals surface area contributed by atoms with Crippen LogP contribution in [-0.4, -0.2) is 27.3 Å². The van der Waals surface area contributed by atoms with Gasteiger partial charge in [-0.3, -0.25) is 4.79 Å². The number of para-hydroxylation sites is 2. The van der Waals surface area contributed by atoms with Crippen LogP contribution in [0, 0.1) is 0 Å². The molecule has 1 atom stereocenters. The Bertz CT molecular complexity index is 1910. The molecule has 0 aliphatic carbocycles. The van der Waals surface area contributed by atoms with Crippen LogP contribution in [0.15, 0.2) is 113 Å². The Morgan fingerprint density at radius 2 is 1.65 bits per heavy atom. The standard InChI is InChI=1S/C35H31Cl2N5O3S/c1-3-44-30-18-9-8-17-29(30)39-33(43)31-22(2)38-34-40-35(46-21-25-12-5-7-16-28(25)37)41-42(34)32(31)23-13-10-14-26(19-23)45-20-24-11-4-6-15-27(24)36/h4-19,32H,3,20-21H2,1-2H3,(H,39,43)(H,38,40,41). The van der Waals surface area contributed by atoms with E-state index in [1.807, 2.05) is 111 Å². The quantitative estimate of drug-likeness (QED) is 0.136. The Kier molecular flexibility index (Phi) is 9.82. The van der Waals surface area contributed by atoms with Crippen LogP contribution < -0.4 is 20.1 Å². The van der Waals surface area contributed by atoms with Gasteiger partial charge in [-0.1, -0.05) is 95.6 Å². The minimum atomic E-state index is -0.610. The summed E-state index contributed by atoms with van der Waals surface area (Å²) >= 11 is 14.2. The normalized spacial score (nSPS) is 14.0. The zero-order valence-electron chi connectivity index (χ0n) is 25.2. The Labute approximate surface area is 281 Å². The van der Waals surface area contributed by atoms with Crippen molar-refractivity contribution >= 4 is 52.5 Å². The van der Waals surface area contributed by atoms with Gasteiger partial charge in [0.1, 0.15) is 24.1 Å². The fourth-order valence-corrected chi connectivity index (χ4v) is 6.45. The highest BCUT2D eigenvalue weighted by atomic mass is 35.5. The number of ether oxygens (including phenoxy) is 2. The van der Waals surface area contributed by atoms with Gasteiger partial charge >= 0.3 is 0 Å². The summed E-state index contributed by atoms with van der Waals surface area (Å²) in [6.45, 7) is 4.53. The Hall–Kier alpha value is -4.44. The highest BCUT2D eigenvalue weighted by Gasteiger charge is 2.35. The van der Waals surface area contributed by atoms with E-state index in [4.69, 9.17) is 42.8 Å². The number of aromatic nitrogens is 3. The van der Waals surface area contributed by atoms with Crippen LogP contribution in [0.4, 0.5) is 11.6 Å². The van der Waals surface area contributed by atoms with Gasteiger partial charge < -0.3 is 20.1 Å². The lowest BCUT2D eigenvalue weighted by Crippen LogP contribution is -2.31. The van der Waals surface area contributed by atoms with E-state index in [9.17, 15) is 4.79 Å². The van der Waals surface area contributed by atoms with E-state index in [1.165, 1.54) is 11.8 Å². The van der Waals surface area contributed by atoms with Crippen LogP contribution in [0.25, 0.3) is 0 Å². The fraction of sp³-hybridized carbons (Fsp3) is 0.171. The van der Waals surface area contributed by atoms with E-state index in [0.717, 1.165) is 16.7 Å². The summed E-state index contributed by atoms with van der Waals surface area (Å²) < 4.78 is 13.7. The minimum absolute atomic E-state index is 0.295. The summed E-state index contributed by atoms with van der Waals surface area (Å²) in [4.78, 5) is 18.9. The predicted octanol–water partition coefficient (Wildman–Crippen LogP) is 8.78. The van der Waals surface area contributed by atoms with Crippen molar-refractivity contribution in [3.8, 4) is 11.5 Å². The number of fused-ring (bicyclic) bond motifs is 1. The van der Waals surface area contributed by atoms with E-state index in [-0.39, 0.29) is 5.91 Å². The first-order chi connectivity index (χ1) is 22.4. The monoisotopic (exact) mass is 671 g/mol. The predicted molar refractivity (Wildman–Crippen MR) is 184 cm³/mol. The van der Waals surface area contributed by atoms with Crippen LogP contribution in [0.5, 0.6) is 11.5 Å². The summed E-state index contributed by atoms with van der Waals surface area (Å²) in [6.07, 6.45) is 0. The first-order valence-electron chi connectivity index (χ1n) is 14.7. The maximum absolute atomic E-state index is 14.1. The largest absolute Gasteiger partial charge is 0.492 e. The third-order valence-electron chi connectivity index (χ3n) is 7.35. The first kappa shape index (κ1) is 31.5. The summed E-state index contributed by atoms with van der Waals surface area (Å²) in [5, 5.41) is 13.1. The Morgan fingerprint density at radius 1 is 0.935 bits per heavy atom. The Morgan fingerprint density at radius 3 is 2.41 bits per heavy atom. The highest BCUT2D eigenvalue weighted by Crippen LogP contribution is 2.39. The molecule has 1 amide bonds. The maximum atomic E-state index is 14.1. The summed E-state index contributed by atoms with van der Waals surface area (Å²) in [5.41, 5.74) is 4.37. The zero-order valence-corrected chi connectivity index (χ0v) is 27.5. The number of thioether (sulfide) groups is 1. The van der Waals surface area contributed by atoms with E-state index < -0.39 is 6.04 Å². The summed E-state index contributed by atoms with van der Waals surface area (Å²) in [7, 11) is 0. The third-order valence-corrected chi connectivity index (χ3v) is 8.98. The molecular weight excluding hydrogens is 641 g/mol. The summed E-state index contributed by atoms with van der Waals surface area (Å²) in [5.74, 6) is 2.04. The van der Waals surface area contributed by atoms with Crippen molar-refractivity contribution in [1.82, 2.24) is 14.8 Å². The molecule has 46 heavy (non-hydrogen) atoms. The molecule has 1 aliphatic heterocycles. The SMILES string of the molecule is CCOc1ccccc1NC(=O)C1=C(C)Nc2nc(SCc3ccccc3Cl)nn2C1c1cccc(OCc2ccccc2Cl)c1. The molecule has 0 spiro atoms. The molecule has 2 heterocycles. The molecule has 0 fully saturated rings. The van der Waals surface area contributed by atoms with Crippen LogP contribution in [0.3, 0.4) is 0 Å². The molecule has 0 saturated heterocycles. The molecule has 1 aromatic heterocycles.